The molecular weight excluding hydrogens is 294 g/mol. The number of hydrogen-bond acceptors (Lipinski definition) is 2. The van der Waals surface area contributed by atoms with Gasteiger partial charge in [-0.3, -0.25) is 0 Å². The lowest BCUT2D eigenvalue weighted by Crippen LogP contribution is -1.89. The van der Waals surface area contributed by atoms with Crippen LogP contribution in [0.4, 0.5) is 11.4 Å². The number of fused-ring (bicyclic) bond motifs is 4. The molecule has 0 spiro atoms. The molecule has 1 N–H and O–H groups in total. The van der Waals surface area contributed by atoms with E-state index in [1.54, 1.807) is 0 Å². The number of nitrogens with one attached hydrogen (secondary N) is 1. The van der Waals surface area contributed by atoms with E-state index >= 15 is 0 Å². The summed E-state index contributed by atoms with van der Waals surface area (Å²) in [7, 11) is 0. The van der Waals surface area contributed by atoms with E-state index in [2.05, 4.69) is 72.0 Å². The Hall–Kier alpha value is -3.26. The second kappa shape index (κ2) is 5.14. The third kappa shape index (κ3) is 2.04. The molecule has 0 aliphatic carbocycles. The number of anilines is 2. The third-order valence-corrected chi connectivity index (χ3v) is 4.42. The van der Waals surface area contributed by atoms with Gasteiger partial charge in [0.05, 0.1) is 5.69 Å². The first kappa shape index (κ1) is 13.2. The van der Waals surface area contributed by atoms with Crippen LogP contribution in [0, 0.1) is 0 Å². The second-order valence-corrected chi connectivity index (χ2v) is 5.97. The third-order valence-electron chi connectivity index (χ3n) is 4.42. The van der Waals surface area contributed by atoms with E-state index in [9.17, 15) is 0 Å². The van der Waals surface area contributed by atoms with Crippen molar-refractivity contribution < 1.29 is 4.42 Å². The van der Waals surface area contributed by atoms with Crippen molar-refractivity contribution >= 4 is 44.1 Å². The average Bonchev–Trinajstić information content (AvgIpc) is 2.99. The van der Waals surface area contributed by atoms with Crippen molar-refractivity contribution in [1.82, 2.24) is 0 Å². The number of rotatable bonds is 2. The topological polar surface area (TPSA) is 25.2 Å². The van der Waals surface area contributed by atoms with Crippen LogP contribution in [0.1, 0.15) is 0 Å². The first-order valence-corrected chi connectivity index (χ1v) is 8.04. The molecule has 0 aliphatic heterocycles. The number of para-hydroxylation sites is 2. The Bertz CT molecular complexity index is 1170. The molecule has 1 aromatic heterocycles. The maximum Gasteiger partial charge on any atom is 0.158 e. The lowest BCUT2D eigenvalue weighted by Gasteiger charge is -2.06. The number of furan rings is 1. The second-order valence-electron chi connectivity index (χ2n) is 5.97. The van der Waals surface area contributed by atoms with Gasteiger partial charge in [0.25, 0.3) is 0 Å². The van der Waals surface area contributed by atoms with Crippen molar-refractivity contribution in [3.63, 3.8) is 0 Å². The fourth-order valence-corrected chi connectivity index (χ4v) is 3.26. The molecule has 24 heavy (non-hydrogen) atoms. The van der Waals surface area contributed by atoms with Crippen LogP contribution in [0.5, 0.6) is 0 Å². The number of hydrogen-bond donors (Lipinski definition) is 1. The molecule has 5 rings (SSSR count). The molecule has 0 aliphatic rings. The fourth-order valence-electron chi connectivity index (χ4n) is 3.26. The van der Waals surface area contributed by atoms with Gasteiger partial charge in [-0.25, -0.2) is 0 Å². The van der Waals surface area contributed by atoms with Crippen molar-refractivity contribution in [2.45, 2.75) is 0 Å². The highest BCUT2D eigenvalue weighted by atomic mass is 16.3. The smallest absolute Gasteiger partial charge is 0.158 e. The van der Waals surface area contributed by atoms with Gasteiger partial charge in [-0.2, -0.15) is 0 Å². The van der Waals surface area contributed by atoms with Crippen molar-refractivity contribution in [3.8, 4) is 0 Å². The Labute approximate surface area is 139 Å². The Balaban J connectivity index is 1.76. The van der Waals surface area contributed by atoms with E-state index in [1.807, 2.05) is 18.2 Å². The van der Waals surface area contributed by atoms with E-state index in [0.717, 1.165) is 33.3 Å². The van der Waals surface area contributed by atoms with E-state index in [0.29, 0.717) is 0 Å². The summed E-state index contributed by atoms with van der Waals surface area (Å²) in [6, 6.07) is 29.1. The summed E-state index contributed by atoms with van der Waals surface area (Å²) >= 11 is 0. The maximum absolute atomic E-state index is 6.20. The summed E-state index contributed by atoms with van der Waals surface area (Å²) in [4.78, 5) is 0. The molecule has 2 heteroatoms. The summed E-state index contributed by atoms with van der Waals surface area (Å²) in [5, 5.41) is 8.17. The Kier molecular flexibility index (Phi) is 2.83. The SMILES string of the molecule is c1ccc(Nc2cccc3c2oc2cc4ccccc4cc23)cc1. The van der Waals surface area contributed by atoms with Crippen LogP contribution in [-0.2, 0) is 0 Å². The van der Waals surface area contributed by atoms with Crippen molar-refractivity contribution in [1.29, 1.82) is 0 Å². The van der Waals surface area contributed by atoms with Gasteiger partial charge in [0.15, 0.2) is 5.58 Å². The molecule has 114 valence electrons. The summed E-state index contributed by atoms with van der Waals surface area (Å²) in [5.41, 5.74) is 3.85. The minimum absolute atomic E-state index is 0.895. The van der Waals surface area contributed by atoms with Gasteiger partial charge in [0, 0.05) is 16.5 Å². The summed E-state index contributed by atoms with van der Waals surface area (Å²) in [5.74, 6) is 0. The molecule has 5 aromatic rings. The van der Waals surface area contributed by atoms with E-state index in [1.165, 1.54) is 10.8 Å². The molecule has 0 unspecified atom stereocenters. The molecule has 0 bridgehead atoms. The molecule has 0 amide bonds. The lowest BCUT2D eigenvalue weighted by molar-refractivity contribution is 0.670. The predicted octanol–water partition coefficient (Wildman–Crippen LogP) is 6.48. The van der Waals surface area contributed by atoms with Crippen LogP contribution >= 0.6 is 0 Å². The van der Waals surface area contributed by atoms with Gasteiger partial charge in [-0.1, -0.05) is 54.6 Å². The zero-order valence-corrected chi connectivity index (χ0v) is 13.0. The minimum Gasteiger partial charge on any atom is -0.454 e. The van der Waals surface area contributed by atoms with Crippen molar-refractivity contribution in [2.75, 3.05) is 5.32 Å². The summed E-state index contributed by atoms with van der Waals surface area (Å²) in [6.07, 6.45) is 0. The maximum atomic E-state index is 6.20. The molecule has 0 saturated heterocycles. The van der Waals surface area contributed by atoms with Crippen molar-refractivity contribution in [3.05, 3.63) is 84.9 Å². The first-order valence-electron chi connectivity index (χ1n) is 8.04. The van der Waals surface area contributed by atoms with Gasteiger partial charge in [-0.15, -0.1) is 0 Å². The molecule has 0 radical (unpaired) electrons. The van der Waals surface area contributed by atoms with Gasteiger partial charge in [-0.05, 0) is 41.1 Å². The molecule has 1 heterocycles. The molecular formula is C22H15NO. The van der Waals surface area contributed by atoms with Crippen LogP contribution in [0.15, 0.2) is 89.3 Å². The van der Waals surface area contributed by atoms with Gasteiger partial charge >= 0.3 is 0 Å². The first-order chi connectivity index (χ1) is 11.9. The summed E-state index contributed by atoms with van der Waals surface area (Å²) in [6.45, 7) is 0. The lowest BCUT2D eigenvalue weighted by atomic mass is 10.1. The van der Waals surface area contributed by atoms with Crippen LogP contribution in [0.25, 0.3) is 32.7 Å². The molecule has 0 fully saturated rings. The molecule has 2 nitrogen and oxygen atoms in total. The standard InChI is InChI=1S/C22H15NO/c1-2-9-17(10-3-1)23-20-12-6-11-18-19-13-15-7-4-5-8-16(15)14-21(19)24-22(18)20/h1-14,23H. The van der Waals surface area contributed by atoms with Crippen LogP contribution in [0.2, 0.25) is 0 Å². The van der Waals surface area contributed by atoms with Crippen LogP contribution in [0.3, 0.4) is 0 Å². The monoisotopic (exact) mass is 309 g/mol. The van der Waals surface area contributed by atoms with E-state index in [-0.39, 0.29) is 0 Å². The zero-order chi connectivity index (χ0) is 15.9. The highest BCUT2D eigenvalue weighted by Crippen LogP contribution is 2.36. The fraction of sp³-hybridized carbons (Fsp3) is 0. The summed E-state index contributed by atoms with van der Waals surface area (Å²) < 4.78 is 6.20. The molecule has 4 aromatic carbocycles. The predicted molar refractivity (Wildman–Crippen MR) is 101 cm³/mol. The van der Waals surface area contributed by atoms with Crippen molar-refractivity contribution in [2.24, 2.45) is 0 Å². The van der Waals surface area contributed by atoms with Gasteiger partial charge in [0.1, 0.15) is 5.58 Å². The normalized spacial score (nSPS) is 11.3. The zero-order valence-electron chi connectivity index (χ0n) is 13.0. The quantitative estimate of drug-likeness (QED) is 0.403. The largest absolute Gasteiger partial charge is 0.454 e. The highest BCUT2D eigenvalue weighted by molar-refractivity contribution is 6.12. The van der Waals surface area contributed by atoms with Crippen LogP contribution in [-0.4, -0.2) is 0 Å². The Morgan fingerprint density at radius 2 is 1.38 bits per heavy atom. The van der Waals surface area contributed by atoms with Gasteiger partial charge < -0.3 is 9.73 Å². The number of benzene rings is 4. The molecule has 0 saturated carbocycles. The van der Waals surface area contributed by atoms with Crippen LogP contribution < -0.4 is 5.32 Å². The molecule has 0 atom stereocenters. The highest BCUT2D eigenvalue weighted by Gasteiger charge is 2.11. The Morgan fingerprint density at radius 3 is 2.21 bits per heavy atom. The Morgan fingerprint density at radius 1 is 0.625 bits per heavy atom. The van der Waals surface area contributed by atoms with Gasteiger partial charge in [0.2, 0.25) is 0 Å². The van der Waals surface area contributed by atoms with E-state index in [4.69, 9.17) is 4.42 Å². The average molecular weight is 309 g/mol. The minimum atomic E-state index is 0.895. The van der Waals surface area contributed by atoms with E-state index < -0.39 is 0 Å².